The number of halogens is 3. The average molecular weight is 398 g/mol. The Morgan fingerprint density at radius 1 is 1.19 bits per heavy atom. The Kier molecular flexibility index (Phi) is 5.58. The number of ether oxygens (including phenoxy) is 1. The van der Waals surface area contributed by atoms with Gasteiger partial charge >= 0.3 is 6.36 Å². The number of carbonyl (C=O) groups is 1. The van der Waals surface area contributed by atoms with Gasteiger partial charge in [0.05, 0.1) is 12.1 Å². The highest BCUT2D eigenvalue weighted by atomic mass is 32.1. The van der Waals surface area contributed by atoms with Crippen LogP contribution in [0.2, 0.25) is 0 Å². The summed E-state index contributed by atoms with van der Waals surface area (Å²) in [7, 11) is 0. The fourth-order valence-corrected chi connectivity index (χ4v) is 3.73. The molecule has 0 saturated heterocycles. The Morgan fingerprint density at radius 3 is 2.73 bits per heavy atom. The maximum Gasteiger partial charge on any atom is 0.573 e. The van der Waals surface area contributed by atoms with Gasteiger partial charge in [-0.2, -0.15) is 11.3 Å². The van der Waals surface area contributed by atoms with E-state index in [4.69, 9.17) is 0 Å². The number of amides is 1. The highest BCUT2D eigenvalue weighted by molar-refractivity contribution is 7.14. The van der Waals surface area contributed by atoms with E-state index in [1.54, 1.807) is 22.8 Å². The van der Waals surface area contributed by atoms with Gasteiger partial charge in [0.2, 0.25) is 5.91 Å². The van der Waals surface area contributed by atoms with E-state index in [9.17, 15) is 18.0 Å². The quantitative estimate of drug-likeness (QED) is 0.659. The van der Waals surface area contributed by atoms with Crippen LogP contribution in [0, 0.1) is 0 Å². The number of aromatic nitrogens is 1. The number of hydrogen-bond donors (Lipinski definition) is 1. The molecule has 0 aliphatic carbocycles. The predicted octanol–water partition coefficient (Wildman–Crippen LogP) is 4.63. The molecular formula is C17H13F3N2O2S2. The molecule has 4 nitrogen and oxygen atoms in total. The molecule has 0 fully saturated rings. The molecular weight excluding hydrogens is 385 g/mol. The zero-order chi connectivity index (χ0) is 18.6. The minimum absolute atomic E-state index is 0.0585. The van der Waals surface area contributed by atoms with Gasteiger partial charge in [0.1, 0.15) is 10.8 Å². The lowest BCUT2D eigenvalue weighted by molar-refractivity contribution is -0.274. The molecule has 0 aliphatic heterocycles. The topological polar surface area (TPSA) is 51.2 Å². The van der Waals surface area contributed by atoms with Crippen molar-refractivity contribution in [3.8, 4) is 16.3 Å². The van der Waals surface area contributed by atoms with Crippen molar-refractivity contribution in [3.05, 3.63) is 57.7 Å². The standard InChI is InChI=1S/C17H13F3N2O2S2/c18-17(19,20)24-14-4-2-1-3-11(14)8-21-15(23)7-13-10-26-16(22-13)12-5-6-25-9-12/h1-6,9-10H,7-8H2,(H,21,23). The average Bonchev–Trinajstić information content (AvgIpc) is 3.23. The van der Waals surface area contributed by atoms with Crippen molar-refractivity contribution < 1.29 is 22.7 Å². The zero-order valence-electron chi connectivity index (χ0n) is 13.2. The molecule has 3 rings (SSSR count). The second kappa shape index (κ2) is 7.88. The molecule has 0 radical (unpaired) electrons. The van der Waals surface area contributed by atoms with Gasteiger partial charge < -0.3 is 10.1 Å². The van der Waals surface area contributed by atoms with E-state index in [2.05, 4.69) is 15.0 Å². The number of thiophene rings is 1. The predicted molar refractivity (Wildman–Crippen MR) is 94.1 cm³/mol. The second-order valence-corrected chi connectivity index (χ2v) is 6.90. The summed E-state index contributed by atoms with van der Waals surface area (Å²) >= 11 is 3.01. The van der Waals surface area contributed by atoms with E-state index in [0.717, 1.165) is 10.6 Å². The van der Waals surface area contributed by atoms with Crippen LogP contribution in [0.4, 0.5) is 13.2 Å². The third-order valence-corrected chi connectivity index (χ3v) is 4.96. The smallest absolute Gasteiger partial charge is 0.405 e. The highest BCUT2D eigenvalue weighted by Crippen LogP contribution is 2.27. The number of carbonyl (C=O) groups excluding carboxylic acids is 1. The first kappa shape index (κ1) is 18.4. The number of rotatable bonds is 6. The normalized spacial score (nSPS) is 11.3. The van der Waals surface area contributed by atoms with Crippen LogP contribution in [0.25, 0.3) is 10.6 Å². The van der Waals surface area contributed by atoms with E-state index in [0.29, 0.717) is 5.69 Å². The van der Waals surface area contributed by atoms with Gasteiger partial charge in [0.15, 0.2) is 0 Å². The molecule has 2 heterocycles. The highest BCUT2D eigenvalue weighted by Gasteiger charge is 2.31. The first-order valence-electron chi connectivity index (χ1n) is 7.48. The van der Waals surface area contributed by atoms with Gasteiger partial charge in [-0.1, -0.05) is 18.2 Å². The SMILES string of the molecule is O=C(Cc1csc(-c2ccsc2)n1)NCc1ccccc1OC(F)(F)F. The zero-order valence-corrected chi connectivity index (χ0v) is 14.9. The van der Waals surface area contributed by atoms with Crippen LogP contribution in [0.15, 0.2) is 46.5 Å². The largest absolute Gasteiger partial charge is 0.573 e. The van der Waals surface area contributed by atoms with Gasteiger partial charge in [0.25, 0.3) is 0 Å². The van der Waals surface area contributed by atoms with Gasteiger partial charge in [-0.25, -0.2) is 4.98 Å². The fraction of sp³-hybridized carbons (Fsp3) is 0.176. The van der Waals surface area contributed by atoms with Gasteiger partial charge in [0, 0.05) is 28.4 Å². The number of alkyl halides is 3. The number of nitrogens with zero attached hydrogens (tertiary/aromatic N) is 1. The number of thiazole rings is 1. The van der Waals surface area contributed by atoms with Crippen molar-refractivity contribution in [1.29, 1.82) is 0 Å². The van der Waals surface area contributed by atoms with E-state index in [1.807, 2.05) is 16.8 Å². The minimum Gasteiger partial charge on any atom is -0.405 e. The fourth-order valence-electron chi connectivity index (χ4n) is 2.20. The third kappa shape index (κ3) is 5.06. The lowest BCUT2D eigenvalue weighted by atomic mass is 10.2. The molecule has 0 unspecified atom stereocenters. The molecule has 0 saturated carbocycles. The summed E-state index contributed by atoms with van der Waals surface area (Å²) in [5.74, 6) is -0.650. The van der Waals surface area contributed by atoms with Crippen molar-refractivity contribution in [2.24, 2.45) is 0 Å². The van der Waals surface area contributed by atoms with Gasteiger partial charge in [-0.15, -0.1) is 24.5 Å². The van der Waals surface area contributed by atoms with Crippen LogP contribution in [0.1, 0.15) is 11.3 Å². The van der Waals surface area contributed by atoms with Crippen LogP contribution in [-0.2, 0) is 17.8 Å². The van der Waals surface area contributed by atoms with Crippen LogP contribution in [0.5, 0.6) is 5.75 Å². The Bertz CT molecular complexity index is 876. The van der Waals surface area contributed by atoms with Crippen LogP contribution in [0.3, 0.4) is 0 Å². The summed E-state index contributed by atoms with van der Waals surface area (Å²) in [4.78, 5) is 16.5. The van der Waals surface area contributed by atoms with Crippen molar-refractivity contribution >= 4 is 28.6 Å². The molecule has 0 atom stereocenters. The summed E-state index contributed by atoms with van der Waals surface area (Å²) in [6, 6.07) is 7.65. The number of nitrogens with one attached hydrogen (secondary N) is 1. The second-order valence-electron chi connectivity index (χ2n) is 5.27. The molecule has 1 N–H and O–H groups in total. The van der Waals surface area contributed by atoms with Crippen molar-refractivity contribution in [3.63, 3.8) is 0 Å². The molecule has 26 heavy (non-hydrogen) atoms. The van der Waals surface area contributed by atoms with Crippen LogP contribution >= 0.6 is 22.7 Å². The maximum absolute atomic E-state index is 12.4. The Labute approximate surface area is 155 Å². The number of benzene rings is 1. The molecule has 1 aromatic carbocycles. The van der Waals surface area contributed by atoms with E-state index in [1.165, 1.54) is 29.5 Å². The van der Waals surface area contributed by atoms with Crippen molar-refractivity contribution in [2.45, 2.75) is 19.3 Å². The van der Waals surface area contributed by atoms with Crippen LogP contribution < -0.4 is 10.1 Å². The summed E-state index contributed by atoms with van der Waals surface area (Å²) in [6.07, 6.45) is -4.72. The molecule has 0 aliphatic rings. The number of hydrogen-bond acceptors (Lipinski definition) is 5. The van der Waals surface area contributed by atoms with E-state index < -0.39 is 6.36 Å². The Balaban J connectivity index is 1.58. The summed E-state index contributed by atoms with van der Waals surface area (Å²) in [6.45, 7) is -0.0629. The summed E-state index contributed by atoms with van der Waals surface area (Å²) in [5, 5.41) is 9.15. The monoisotopic (exact) mass is 398 g/mol. The first-order valence-corrected chi connectivity index (χ1v) is 9.30. The molecule has 9 heteroatoms. The molecule has 136 valence electrons. The lowest BCUT2D eigenvalue weighted by Gasteiger charge is -2.13. The molecule has 1 amide bonds. The lowest BCUT2D eigenvalue weighted by Crippen LogP contribution is -2.25. The first-order chi connectivity index (χ1) is 12.4. The molecule has 2 aromatic heterocycles. The van der Waals surface area contributed by atoms with Gasteiger partial charge in [-0.3, -0.25) is 4.79 Å². The third-order valence-electron chi connectivity index (χ3n) is 3.34. The molecule has 0 spiro atoms. The summed E-state index contributed by atoms with van der Waals surface area (Å²) in [5.41, 5.74) is 1.87. The van der Waals surface area contributed by atoms with Crippen molar-refractivity contribution in [1.82, 2.24) is 10.3 Å². The Morgan fingerprint density at radius 2 is 2.00 bits per heavy atom. The van der Waals surface area contributed by atoms with E-state index in [-0.39, 0.29) is 30.2 Å². The minimum atomic E-state index is -4.78. The summed E-state index contributed by atoms with van der Waals surface area (Å²) < 4.78 is 41.2. The molecule has 3 aromatic rings. The molecule has 0 bridgehead atoms. The number of para-hydroxylation sites is 1. The maximum atomic E-state index is 12.4. The van der Waals surface area contributed by atoms with Gasteiger partial charge in [-0.05, 0) is 17.5 Å². The van der Waals surface area contributed by atoms with Crippen molar-refractivity contribution in [2.75, 3.05) is 0 Å². The van der Waals surface area contributed by atoms with E-state index >= 15 is 0 Å². The Hall–Kier alpha value is -2.39. The van der Waals surface area contributed by atoms with Crippen LogP contribution in [-0.4, -0.2) is 17.3 Å².